The summed E-state index contributed by atoms with van der Waals surface area (Å²) in [5, 5.41) is 3.75. The van der Waals surface area contributed by atoms with Gasteiger partial charge < -0.3 is 0 Å². The van der Waals surface area contributed by atoms with Gasteiger partial charge in [0, 0.05) is 5.56 Å². The van der Waals surface area contributed by atoms with Crippen LogP contribution < -0.4 is 9.73 Å². The van der Waals surface area contributed by atoms with Crippen molar-refractivity contribution in [3.8, 4) is 0 Å². The van der Waals surface area contributed by atoms with E-state index < -0.39 is 28.3 Å². The summed E-state index contributed by atoms with van der Waals surface area (Å²) >= 11 is 0. The molecular weight excluding hydrogens is 417 g/mol. The molecule has 0 radical (unpaired) electrons. The number of carbonyl (C=O) groups is 1. The summed E-state index contributed by atoms with van der Waals surface area (Å²) in [6.45, 7) is 3.19. The number of amides is 1. The van der Waals surface area contributed by atoms with Crippen LogP contribution in [0.4, 0.5) is 10.1 Å². The minimum atomic E-state index is -4.01. The molecule has 0 saturated carbocycles. The molecule has 0 aliphatic heterocycles. The van der Waals surface area contributed by atoms with Crippen LogP contribution in [0.1, 0.15) is 16.7 Å². The van der Waals surface area contributed by atoms with Crippen LogP contribution in [0.3, 0.4) is 0 Å². The summed E-state index contributed by atoms with van der Waals surface area (Å²) in [6.07, 6.45) is 1.17. The summed E-state index contributed by atoms with van der Waals surface area (Å²) in [5.74, 6) is -1.14. The fraction of sp³-hybridized carbons (Fsp3) is 0.130. The lowest BCUT2D eigenvalue weighted by molar-refractivity contribution is -0.119. The fourth-order valence-electron chi connectivity index (χ4n) is 3.02. The van der Waals surface area contributed by atoms with E-state index in [1.807, 2.05) is 13.0 Å². The molecule has 3 aromatic rings. The number of hydrogen-bond donors (Lipinski definition) is 1. The highest BCUT2D eigenvalue weighted by atomic mass is 32.2. The van der Waals surface area contributed by atoms with Crippen LogP contribution in [0.2, 0.25) is 0 Å². The lowest BCUT2D eigenvalue weighted by Gasteiger charge is -2.25. The molecule has 0 fully saturated rings. The molecule has 0 unspecified atom stereocenters. The molecule has 0 aliphatic rings. The SMILES string of the molecule is Cc1ccc(N(CC(=O)N/N=C/c2ccccc2F)S(=O)(=O)c2ccccc2)c(C)c1. The second-order valence-corrected chi connectivity index (χ2v) is 8.79. The molecule has 6 nitrogen and oxygen atoms in total. The van der Waals surface area contributed by atoms with Crippen LogP contribution in [0.25, 0.3) is 0 Å². The number of anilines is 1. The maximum atomic E-state index is 13.7. The van der Waals surface area contributed by atoms with Gasteiger partial charge in [-0.1, -0.05) is 54.1 Å². The average molecular weight is 440 g/mol. The van der Waals surface area contributed by atoms with E-state index in [1.165, 1.54) is 30.5 Å². The van der Waals surface area contributed by atoms with Crippen molar-refractivity contribution in [1.29, 1.82) is 0 Å². The summed E-state index contributed by atoms with van der Waals surface area (Å²) in [7, 11) is -4.01. The quantitative estimate of drug-likeness (QED) is 0.449. The average Bonchev–Trinajstić information content (AvgIpc) is 2.74. The molecular formula is C23H22FN3O3S. The van der Waals surface area contributed by atoms with Crippen LogP contribution in [0, 0.1) is 19.7 Å². The van der Waals surface area contributed by atoms with Crippen LogP contribution >= 0.6 is 0 Å². The van der Waals surface area contributed by atoms with E-state index in [0.29, 0.717) is 11.3 Å². The molecule has 0 spiro atoms. The van der Waals surface area contributed by atoms with E-state index in [0.717, 1.165) is 9.87 Å². The summed E-state index contributed by atoms with van der Waals surface area (Å²) in [4.78, 5) is 12.6. The normalized spacial score (nSPS) is 11.5. The Morgan fingerprint density at radius 3 is 2.39 bits per heavy atom. The first kappa shape index (κ1) is 22.2. The number of sulfonamides is 1. The Bertz CT molecular complexity index is 1210. The molecule has 160 valence electrons. The summed E-state index contributed by atoms with van der Waals surface area (Å²) < 4.78 is 41.3. The zero-order valence-corrected chi connectivity index (χ0v) is 17.9. The molecule has 0 atom stereocenters. The third kappa shape index (κ3) is 5.35. The molecule has 0 aliphatic carbocycles. The molecule has 0 saturated heterocycles. The molecule has 31 heavy (non-hydrogen) atoms. The standard InChI is InChI=1S/C23H22FN3O3S/c1-17-12-13-22(18(2)14-17)27(31(29,30)20-9-4-3-5-10-20)16-23(28)26-25-15-19-8-6-7-11-21(19)24/h3-15H,16H2,1-2H3,(H,26,28)/b25-15+. The topological polar surface area (TPSA) is 78.8 Å². The first-order valence-electron chi connectivity index (χ1n) is 9.50. The zero-order valence-electron chi connectivity index (χ0n) is 17.1. The van der Waals surface area contributed by atoms with Gasteiger partial charge in [0.2, 0.25) is 0 Å². The van der Waals surface area contributed by atoms with Crippen LogP contribution in [0.15, 0.2) is 82.8 Å². The Hall–Kier alpha value is -3.52. The highest BCUT2D eigenvalue weighted by molar-refractivity contribution is 7.92. The van der Waals surface area contributed by atoms with E-state index in [9.17, 15) is 17.6 Å². The zero-order chi connectivity index (χ0) is 22.4. The van der Waals surface area contributed by atoms with Gasteiger partial charge in [0.1, 0.15) is 12.4 Å². The van der Waals surface area contributed by atoms with Crippen LogP contribution in [0.5, 0.6) is 0 Å². The number of carbonyl (C=O) groups excluding carboxylic acids is 1. The van der Waals surface area contributed by atoms with Gasteiger partial charge in [0.15, 0.2) is 0 Å². The molecule has 0 aromatic heterocycles. The van der Waals surface area contributed by atoms with Gasteiger partial charge in [0.25, 0.3) is 15.9 Å². The fourth-order valence-corrected chi connectivity index (χ4v) is 4.53. The predicted molar refractivity (Wildman–Crippen MR) is 119 cm³/mol. The Kier molecular flexibility index (Phi) is 6.81. The van der Waals surface area contributed by atoms with Gasteiger partial charge in [-0.05, 0) is 43.7 Å². The van der Waals surface area contributed by atoms with Crippen molar-refractivity contribution in [3.63, 3.8) is 0 Å². The van der Waals surface area contributed by atoms with E-state index in [-0.39, 0.29) is 10.5 Å². The van der Waals surface area contributed by atoms with Crippen molar-refractivity contribution in [1.82, 2.24) is 5.43 Å². The number of hydrogen-bond acceptors (Lipinski definition) is 4. The summed E-state index contributed by atoms with van der Waals surface area (Å²) in [6, 6.07) is 19.1. The Labute approximate surface area is 181 Å². The number of nitrogens with zero attached hydrogens (tertiary/aromatic N) is 2. The third-order valence-corrected chi connectivity index (χ3v) is 6.31. The van der Waals surface area contributed by atoms with Crippen LogP contribution in [-0.2, 0) is 14.8 Å². The largest absolute Gasteiger partial charge is 0.271 e. The number of nitrogens with one attached hydrogen (secondary N) is 1. The maximum Gasteiger partial charge on any atom is 0.264 e. The number of hydrazone groups is 1. The van der Waals surface area contributed by atoms with Crippen molar-refractivity contribution in [3.05, 3.63) is 95.3 Å². The summed E-state index contributed by atoms with van der Waals surface area (Å²) in [5.41, 5.74) is 4.54. The smallest absolute Gasteiger partial charge is 0.264 e. The lowest BCUT2D eigenvalue weighted by atomic mass is 10.1. The van der Waals surface area contributed by atoms with Crippen molar-refractivity contribution >= 4 is 27.8 Å². The Morgan fingerprint density at radius 1 is 1.03 bits per heavy atom. The van der Waals surface area contributed by atoms with Crippen molar-refractivity contribution < 1.29 is 17.6 Å². The van der Waals surface area contributed by atoms with E-state index in [4.69, 9.17) is 0 Å². The highest BCUT2D eigenvalue weighted by Crippen LogP contribution is 2.27. The first-order valence-corrected chi connectivity index (χ1v) is 10.9. The first-order chi connectivity index (χ1) is 14.8. The van der Waals surface area contributed by atoms with Crippen molar-refractivity contribution in [2.75, 3.05) is 10.8 Å². The number of benzene rings is 3. The van der Waals surface area contributed by atoms with Gasteiger partial charge >= 0.3 is 0 Å². The van der Waals surface area contributed by atoms with E-state index in [1.54, 1.807) is 49.4 Å². The van der Waals surface area contributed by atoms with Gasteiger partial charge in [0.05, 0.1) is 16.8 Å². The highest BCUT2D eigenvalue weighted by Gasteiger charge is 2.28. The van der Waals surface area contributed by atoms with E-state index in [2.05, 4.69) is 10.5 Å². The molecule has 0 heterocycles. The monoisotopic (exact) mass is 439 g/mol. The second-order valence-electron chi connectivity index (χ2n) is 6.93. The van der Waals surface area contributed by atoms with Gasteiger partial charge in [-0.15, -0.1) is 0 Å². The second kappa shape index (κ2) is 9.53. The molecule has 3 rings (SSSR count). The van der Waals surface area contributed by atoms with E-state index >= 15 is 0 Å². The molecule has 8 heteroatoms. The number of halogens is 1. The third-order valence-electron chi connectivity index (χ3n) is 4.54. The van der Waals surface area contributed by atoms with Gasteiger partial charge in [-0.25, -0.2) is 18.2 Å². The minimum Gasteiger partial charge on any atom is -0.271 e. The molecule has 3 aromatic carbocycles. The number of aryl methyl sites for hydroxylation is 2. The van der Waals surface area contributed by atoms with Gasteiger partial charge in [-0.2, -0.15) is 5.10 Å². The Balaban J connectivity index is 1.88. The lowest BCUT2D eigenvalue weighted by Crippen LogP contribution is -2.40. The maximum absolute atomic E-state index is 13.7. The van der Waals surface area contributed by atoms with Gasteiger partial charge in [-0.3, -0.25) is 9.10 Å². The van der Waals surface area contributed by atoms with Crippen LogP contribution in [-0.4, -0.2) is 27.1 Å². The van der Waals surface area contributed by atoms with Crippen molar-refractivity contribution in [2.45, 2.75) is 18.7 Å². The number of rotatable bonds is 7. The van der Waals surface area contributed by atoms with Crippen molar-refractivity contribution in [2.24, 2.45) is 5.10 Å². The Morgan fingerprint density at radius 2 is 1.71 bits per heavy atom. The molecule has 1 N–H and O–H groups in total. The minimum absolute atomic E-state index is 0.0673. The molecule has 1 amide bonds. The molecule has 0 bridgehead atoms. The predicted octanol–water partition coefficient (Wildman–Crippen LogP) is 3.79.